The third kappa shape index (κ3) is 2.93. The lowest BCUT2D eigenvalue weighted by atomic mass is 10.0. The summed E-state index contributed by atoms with van der Waals surface area (Å²) in [6, 6.07) is 1.49. The van der Waals surface area contributed by atoms with Gasteiger partial charge in [-0.2, -0.15) is 0 Å². The van der Waals surface area contributed by atoms with Crippen molar-refractivity contribution < 1.29 is 9.53 Å². The molecule has 1 aromatic heterocycles. The molecule has 0 bridgehead atoms. The standard InChI is InChI=1S/C11H17N3O2/c1-7(8(2)12)11(15)14-9-6-13-5-4-10(9)16-3/h4-8H,12H2,1-3H3,(H,14,15). The van der Waals surface area contributed by atoms with E-state index in [1.165, 1.54) is 0 Å². The number of hydrogen-bond donors (Lipinski definition) is 2. The molecule has 1 heterocycles. The summed E-state index contributed by atoms with van der Waals surface area (Å²) in [5.41, 5.74) is 6.21. The van der Waals surface area contributed by atoms with E-state index in [9.17, 15) is 4.79 Å². The van der Waals surface area contributed by atoms with E-state index in [1.54, 1.807) is 39.4 Å². The first-order valence-electron chi connectivity index (χ1n) is 5.10. The Morgan fingerprint density at radius 1 is 1.56 bits per heavy atom. The Morgan fingerprint density at radius 2 is 2.25 bits per heavy atom. The number of pyridine rings is 1. The zero-order valence-corrected chi connectivity index (χ0v) is 9.73. The van der Waals surface area contributed by atoms with Gasteiger partial charge in [0.2, 0.25) is 5.91 Å². The minimum Gasteiger partial charge on any atom is -0.494 e. The van der Waals surface area contributed by atoms with E-state index in [4.69, 9.17) is 10.5 Å². The summed E-state index contributed by atoms with van der Waals surface area (Å²) in [4.78, 5) is 15.7. The second kappa shape index (κ2) is 5.46. The van der Waals surface area contributed by atoms with E-state index >= 15 is 0 Å². The monoisotopic (exact) mass is 223 g/mol. The summed E-state index contributed by atoms with van der Waals surface area (Å²) in [5.74, 6) is 0.187. The smallest absolute Gasteiger partial charge is 0.228 e. The maximum absolute atomic E-state index is 11.7. The van der Waals surface area contributed by atoms with Crippen LogP contribution in [0.2, 0.25) is 0 Å². The number of anilines is 1. The SMILES string of the molecule is COc1ccncc1NC(=O)C(C)C(C)N. The van der Waals surface area contributed by atoms with Crippen LogP contribution < -0.4 is 15.8 Å². The van der Waals surface area contributed by atoms with Gasteiger partial charge in [0, 0.05) is 18.3 Å². The van der Waals surface area contributed by atoms with Crippen LogP contribution in [0, 0.1) is 5.92 Å². The molecule has 0 spiro atoms. The number of carbonyl (C=O) groups is 1. The van der Waals surface area contributed by atoms with E-state index in [-0.39, 0.29) is 17.9 Å². The van der Waals surface area contributed by atoms with E-state index in [0.29, 0.717) is 11.4 Å². The molecular weight excluding hydrogens is 206 g/mol. The van der Waals surface area contributed by atoms with Crippen LogP contribution in [0.4, 0.5) is 5.69 Å². The van der Waals surface area contributed by atoms with Crippen LogP contribution in [0.3, 0.4) is 0 Å². The average molecular weight is 223 g/mol. The minimum absolute atomic E-state index is 0.138. The van der Waals surface area contributed by atoms with Crippen molar-refractivity contribution in [2.45, 2.75) is 19.9 Å². The van der Waals surface area contributed by atoms with Gasteiger partial charge in [-0.1, -0.05) is 6.92 Å². The quantitative estimate of drug-likeness (QED) is 0.798. The van der Waals surface area contributed by atoms with E-state index in [0.717, 1.165) is 0 Å². The van der Waals surface area contributed by atoms with Crippen molar-refractivity contribution in [3.63, 3.8) is 0 Å². The molecule has 3 N–H and O–H groups in total. The second-order valence-electron chi connectivity index (χ2n) is 3.71. The van der Waals surface area contributed by atoms with E-state index in [1.807, 2.05) is 0 Å². The number of rotatable bonds is 4. The second-order valence-corrected chi connectivity index (χ2v) is 3.71. The van der Waals surface area contributed by atoms with Crippen LogP contribution in [0.15, 0.2) is 18.5 Å². The summed E-state index contributed by atoms with van der Waals surface area (Å²) in [6.07, 6.45) is 3.15. The molecule has 0 aliphatic carbocycles. The summed E-state index contributed by atoms with van der Waals surface area (Å²) in [7, 11) is 1.54. The fourth-order valence-corrected chi connectivity index (χ4v) is 1.14. The molecule has 0 aliphatic rings. The highest BCUT2D eigenvalue weighted by Gasteiger charge is 2.18. The van der Waals surface area contributed by atoms with Crippen molar-refractivity contribution >= 4 is 11.6 Å². The van der Waals surface area contributed by atoms with Crippen molar-refractivity contribution in [1.29, 1.82) is 0 Å². The van der Waals surface area contributed by atoms with Crippen LogP contribution in [0.5, 0.6) is 5.75 Å². The molecule has 16 heavy (non-hydrogen) atoms. The molecule has 0 fully saturated rings. The maximum atomic E-state index is 11.7. The van der Waals surface area contributed by atoms with Crippen LogP contribution in [-0.2, 0) is 4.79 Å². The van der Waals surface area contributed by atoms with Gasteiger partial charge in [0.25, 0.3) is 0 Å². The summed E-state index contributed by atoms with van der Waals surface area (Å²) >= 11 is 0. The average Bonchev–Trinajstić information content (AvgIpc) is 2.28. The third-order valence-electron chi connectivity index (χ3n) is 2.46. The molecule has 0 aromatic carbocycles. The number of nitrogens with zero attached hydrogens (tertiary/aromatic N) is 1. The molecule has 5 heteroatoms. The van der Waals surface area contributed by atoms with Gasteiger partial charge in [0.05, 0.1) is 19.2 Å². The third-order valence-corrected chi connectivity index (χ3v) is 2.46. The molecule has 0 saturated heterocycles. The lowest BCUT2D eigenvalue weighted by molar-refractivity contribution is -0.119. The Kier molecular flexibility index (Phi) is 4.25. The molecule has 1 rings (SSSR count). The van der Waals surface area contributed by atoms with Crippen molar-refractivity contribution in [2.75, 3.05) is 12.4 Å². The van der Waals surface area contributed by atoms with Crippen molar-refractivity contribution in [3.8, 4) is 5.75 Å². The zero-order valence-electron chi connectivity index (χ0n) is 9.73. The topological polar surface area (TPSA) is 77.2 Å². The molecule has 88 valence electrons. The van der Waals surface area contributed by atoms with Gasteiger partial charge < -0.3 is 15.8 Å². The number of nitrogens with two attached hydrogens (primary N) is 1. The van der Waals surface area contributed by atoms with Crippen LogP contribution in [0.25, 0.3) is 0 Å². The maximum Gasteiger partial charge on any atom is 0.228 e. The Balaban J connectivity index is 2.76. The normalized spacial score (nSPS) is 14.0. The lowest BCUT2D eigenvalue weighted by Gasteiger charge is -2.16. The van der Waals surface area contributed by atoms with Crippen molar-refractivity contribution in [1.82, 2.24) is 4.98 Å². The highest BCUT2D eigenvalue weighted by atomic mass is 16.5. The van der Waals surface area contributed by atoms with Gasteiger partial charge in [0.1, 0.15) is 11.4 Å². The fourth-order valence-electron chi connectivity index (χ4n) is 1.14. The number of amides is 1. The number of methoxy groups -OCH3 is 1. The number of aromatic nitrogens is 1. The molecule has 0 radical (unpaired) electrons. The van der Waals surface area contributed by atoms with Gasteiger partial charge in [-0.25, -0.2) is 0 Å². The van der Waals surface area contributed by atoms with Crippen molar-refractivity contribution in [2.24, 2.45) is 11.7 Å². The Labute approximate surface area is 95.0 Å². The first-order chi connectivity index (χ1) is 7.56. The summed E-state index contributed by atoms with van der Waals surface area (Å²) in [5, 5.41) is 2.74. The summed E-state index contributed by atoms with van der Waals surface area (Å²) < 4.78 is 5.10. The number of ether oxygens (including phenoxy) is 1. The van der Waals surface area contributed by atoms with Crippen LogP contribution in [0.1, 0.15) is 13.8 Å². The first-order valence-corrected chi connectivity index (χ1v) is 5.10. The molecule has 0 aliphatic heterocycles. The molecular formula is C11H17N3O2. The molecule has 0 saturated carbocycles. The minimum atomic E-state index is -0.259. The Bertz CT molecular complexity index is 366. The van der Waals surface area contributed by atoms with Crippen LogP contribution >= 0.6 is 0 Å². The predicted molar refractivity (Wildman–Crippen MR) is 62.2 cm³/mol. The van der Waals surface area contributed by atoms with E-state index < -0.39 is 0 Å². The van der Waals surface area contributed by atoms with Gasteiger partial charge in [-0.15, -0.1) is 0 Å². The van der Waals surface area contributed by atoms with Gasteiger partial charge in [0.15, 0.2) is 0 Å². The van der Waals surface area contributed by atoms with Crippen LogP contribution in [-0.4, -0.2) is 24.0 Å². The zero-order chi connectivity index (χ0) is 12.1. The fraction of sp³-hybridized carbons (Fsp3) is 0.455. The number of hydrogen-bond acceptors (Lipinski definition) is 4. The predicted octanol–water partition coefficient (Wildman–Crippen LogP) is 1.01. The Hall–Kier alpha value is -1.62. The molecule has 1 aromatic rings. The van der Waals surface area contributed by atoms with E-state index in [2.05, 4.69) is 10.3 Å². The molecule has 2 unspecified atom stereocenters. The largest absolute Gasteiger partial charge is 0.494 e. The highest BCUT2D eigenvalue weighted by Crippen LogP contribution is 2.22. The van der Waals surface area contributed by atoms with Gasteiger partial charge in [-0.3, -0.25) is 9.78 Å². The highest BCUT2D eigenvalue weighted by molar-refractivity contribution is 5.93. The molecule has 1 amide bonds. The summed E-state index contributed by atoms with van der Waals surface area (Å²) in [6.45, 7) is 3.58. The number of nitrogens with one attached hydrogen (secondary N) is 1. The van der Waals surface area contributed by atoms with Gasteiger partial charge >= 0.3 is 0 Å². The molecule has 5 nitrogen and oxygen atoms in total. The van der Waals surface area contributed by atoms with Gasteiger partial charge in [-0.05, 0) is 6.92 Å². The molecule has 2 atom stereocenters. The number of carbonyl (C=O) groups excluding carboxylic acids is 1. The lowest BCUT2D eigenvalue weighted by Crippen LogP contribution is -2.34. The van der Waals surface area contributed by atoms with Crippen molar-refractivity contribution in [3.05, 3.63) is 18.5 Å². The Morgan fingerprint density at radius 3 is 2.81 bits per heavy atom. The first kappa shape index (κ1) is 12.4.